The molecule has 53 heavy (non-hydrogen) atoms. The minimum Gasteiger partial charge on any atom is -0.482 e. The third kappa shape index (κ3) is 11.1. The number of amides is 4. The lowest BCUT2D eigenvalue weighted by molar-refractivity contribution is -0.153. The number of rotatable bonds is 13. The molecule has 1 atom stereocenters. The fourth-order valence-corrected chi connectivity index (χ4v) is 5.16. The highest BCUT2D eigenvalue weighted by Crippen LogP contribution is 2.32. The summed E-state index contributed by atoms with van der Waals surface area (Å²) in [6.07, 6.45) is 0. The van der Waals surface area contributed by atoms with Crippen molar-refractivity contribution in [2.45, 2.75) is 39.2 Å². The number of hydrogen-bond donors (Lipinski definition) is 3. The van der Waals surface area contributed by atoms with Crippen molar-refractivity contribution >= 4 is 46.8 Å². The lowest BCUT2D eigenvalue weighted by Gasteiger charge is -2.27. The number of nitrogens with zero attached hydrogens (tertiary/aromatic N) is 2. The molecule has 0 aromatic heterocycles. The maximum absolute atomic E-state index is 14.0. The van der Waals surface area contributed by atoms with E-state index in [0.29, 0.717) is 22.5 Å². The van der Waals surface area contributed by atoms with E-state index in [2.05, 4.69) is 10.6 Å². The molecule has 12 nitrogen and oxygen atoms in total. The zero-order valence-corrected chi connectivity index (χ0v) is 29.8. The number of carbonyl (C=O) groups excluding carboxylic acids is 4. The molecule has 0 saturated heterocycles. The Morgan fingerprint density at radius 1 is 0.830 bits per heavy atom. The summed E-state index contributed by atoms with van der Waals surface area (Å²) in [4.78, 5) is 66.5. The number of esters is 1. The summed E-state index contributed by atoms with van der Waals surface area (Å²) in [7, 11) is 1.48. The van der Waals surface area contributed by atoms with E-state index in [0.717, 1.165) is 23.1 Å². The minimum atomic E-state index is -1.04. The highest BCUT2D eigenvalue weighted by atomic mass is 19.1. The van der Waals surface area contributed by atoms with Gasteiger partial charge >= 0.3 is 18.0 Å². The van der Waals surface area contributed by atoms with Crippen LogP contribution in [0.2, 0.25) is 0 Å². The summed E-state index contributed by atoms with van der Waals surface area (Å²) in [6.45, 7) is 4.82. The maximum Gasteiger partial charge on any atom is 0.326 e. The number of ether oxygens (including phenoxy) is 2. The highest BCUT2D eigenvalue weighted by Gasteiger charge is 2.27. The first-order chi connectivity index (χ1) is 25.0. The fraction of sp³-hybridized carbons (Fsp3) is 0.256. The molecule has 0 heterocycles. The molecule has 0 aliphatic heterocycles. The molecule has 4 amide bonds. The van der Waals surface area contributed by atoms with Crippen LogP contribution in [0.15, 0.2) is 91.0 Å². The van der Waals surface area contributed by atoms with Gasteiger partial charge in [0.2, 0.25) is 5.91 Å². The van der Waals surface area contributed by atoms with E-state index >= 15 is 0 Å². The number of anilines is 3. The van der Waals surface area contributed by atoms with Crippen molar-refractivity contribution in [3.8, 4) is 16.9 Å². The molecule has 4 aromatic carbocycles. The van der Waals surface area contributed by atoms with E-state index in [-0.39, 0.29) is 17.0 Å². The summed E-state index contributed by atoms with van der Waals surface area (Å²) >= 11 is 0. The third-order valence-electron chi connectivity index (χ3n) is 7.74. The fourth-order valence-electron chi connectivity index (χ4n) is 5.16. The van der Waals surface area contributed by atoms with Crippen molar-refractivity contribution in [2.24, 2.45) is 0 Å². The van der Waals surface area contributed by atoms with Gasteiger partial charge in [-0.15, -0.1) is 0 Å². The van der Waals surface area contributed by atoms with Gasteiger partial charge in [-0.05, 0) is 81.3 Å². The van der Waals surface area contributed by atoms with Crippen LogP contribution in [0.4, 0.5) is 30.6 Å². The lowest BCUT2D eigenvalue weighted by atomic mass is 10.0. The van der Waals surface area contributed by atoms with Crippen LogP contribution >= 0.6 is 0 Å². The molecular formula is C39H40F2N4O8. The normalized spacial score (nSPS) is 11.5. The zero-order chi connectivity index (χ0) is 38.9. The smallest absolute Gasteiger partial charge is 0.326 e. The molecule has 4 aromatic rings. The van der Waals surface area contributed by atoms with Crippen LogP contribution in [-0.2, 0) is 23.9 Å². The van der Waals surface area contributed by atoms with Crippen LogP contribution in [0, 0.1) is 11.6 Å². The molecule has 14 heteroatoms. The average Bonchev–Trinajstić information content (AvgIpc) is 3.10. The molecule has 4 rings (SSSR count). The predicted octanol–water partition coefficient (Wildman–Crippen LogP) is 6.36. The third-order valence-corrected chi connectivity index (χ3v) is 7.74. The van der Waals surface area contributed by atoms with E-state index in [9.17, 15) is 37.9 Å². The van der Waals surface area contributed by atoms with E-state index < -0.39 is 72.6 Å². The molecule has 0 spiro atoms. The molecule has 0 aliphatic carbocycles. The SMILES string of the molecule is CC(C(=O)O)c1cccc(NC(=O)NCC(=O)N(CC(=O)OC(C)(C)C)c2ccccc2OCC(=O)N(C)c2ccccc2-c2cc(F)cc(F)c2)c1. The highest BCUT2D eigenvalue weighted by molar-refractivity contribution is 6.02. The van der Waals surface area contributed by atoms with Gasteiger partial charge in [0.1, 0.15) is 29.5 Å². The first-order valence-corrected chi connectivity index (χ1v) is 16.5. The van der Waals surface area contributed by atoms with Crippen LogP contribution < -0.4 is 25.2 Å². The van der Waals surface area contributed by atoms with Crippen molar-refractivity contribution in [2.75, 3.05) is 41.9 Å². The van der Waals surface area contributed by atoms with Crippen molar-refractivity contribution in [3.05, 3.63) is 108 Å². The van der Waals surface area contributed by atoms with Gasteiger partial charge in [-0.1, -0.05) is 42.5 Å². The molecule has 1 unspecified atom stereocenters. The Bertz CT molecular complexity index is 1980. The number of para-hydroxylation sites is 3. The molecule has 0 aliphatic rings. The number of aliphatic carboxylic acids is 1. The first kappa shape index (κ1) is 39.5. The Morgan fingerprint density at radius 3 is 2.13 bits per heavy atom. The molecule has 3 N–H and O–H groups in total. The van der Waals surface area contributed by atoms with Gasteiger partial charge in [0, 0.05) is 24.4 Å². The first-order valence-electron chi connectivity index (χ1n) is 16.5. The Labute approximate surface area is 305 Å². The van der Waals surface area contributed by atoms with E-state index in [1.54, 1.807) is 75.4 Å². The van der Waals surface area contributed by atoms with Gasteiger partial charge in [-0.25, -0.2) is 13.6 Å². The summed E-state index contributed by atoms with van der Waals surface area (Å²) in [5.74, 6) is -5.37. The molecule has 278 valence electrons. The molecule has 0 fully saturated rings. The number of benzene rings is 4. The van der Waals surface area contributed by atoms with Gasteiger partial charge in [-0.2, -0.15) is 0 Å². The van der Waals surface area contributed by atoms with Crippen LogP contribution in [0.1, 0.15) is 39.2 Å². The number of halogens is 2. The second-order valence-corrected chi connectivity index (χ2v) is 12.9. The number of hydrogen-bond acceptors (Lipinski definition) is 7. The molecule has 0 saturated carbocycles. The van der Waals surface area contributed by atoms with Crippen molar-refractivity contribution < 1.29 is 47.3 Å². The van der Waals surface area contributed by atoms with Gasteiger partial charge in [-0.3, -0.25) is 24.1 Å². The molecular weight excluding hydrogens is 690 g/mol. The quantitative estimate of drug-likeness (QED) is 0.134. The van der Waals surface area contributed by atoms with Gasteiger partial charge in [0.15, 0.2) is 6.61 Å². The Morgan fingerprint density at radius 2 is 1.47 bits per heavy atom. The van der Waals surface area contributed by atoms with Crippen LogP contribution in [0.25, 0.3) is 11.1 Å². The lowest BCUT2D eigenvalue weighted by Crippen LogP contribution is -2.45. The van der Waals surface area contributed by atoms with E-state index in [1.807, 2.05) is 0 Å². The van der Waals surface area contributed by atoms with Crippen LogP contribution in [0.3, 0.4) is 0 Å². The maximum atomic E-state index is 14.0. The molecule has 0 bridgehead atoms. The Hall–Kier alpha value is -6.31. The Balaban J connectivity index is 1.52. The summed E-state index contributed by atoms with van der Waals surface area (Å²) in [5, 5.41) is 14.3. The van der Waals surface area contributed by atoms with Crippen molar-refractivity contribution in [1.29, 1.82) is 0 Å². The summed E-state index contributed by atoms with van der Waals surface area (Å²) in [6, 6.07) is 21.3. The van der Waals surface area contributed by atoms with Crippen molar-refractivity contribution in [3.63, 3.8) is 0 Å². The van der Waals surface area contributed by atoms with Gasteiger partial charge < -0.3 is 30.1 Å². The van der Waals surface area contributed by atoms with Crippen molar-refractivity contribution in [1.82, 2.24) is 5.32 Å². The zero-order valence-electron chi connectivity index (χ0n) is 29.8. The van der Waals surface area contributed by atoms with Crippen LogP contribution in [-0.4, -0.2) is 67.2 Å². The summed E-state index contributed by atoms with van der Waals surface area (Å²) in [5.41, 5.74) is 0.963. The van der Waals surface area contributed by atoms with Gasteiger partial charge in [0.05, 0.1) is 23.8 Å². The van der Waals surface area contributed by atoms with Crippen LogP contribution in [0.5, 0.6) is 5.75 Å². The Kier molecular flexibility index (Phi) is 12.9. The predicted molar refractivity (Wildman–Crippen MR) is 195 cm³/mol. The largest absolute Gasteiger partial charge is 0.482 e. The monoisotopic (exact) mass is 730 g/mol. The number of urea groups is 1. The number of likely N-dealkylation sites (N-methyl/N-ethyl adjacent to an activating group) is 1. The number of nitrogens with one attached hydrogen (secondary N) is 2. The molecule has 0 radical (unpaired) electrons. The number of carbonyl (C=O) groups is 5. The minimum absolute atomic E-state index is 0.0560. The standard InChI is InChI=1S/C39H40F2N4O8/c1-24(37(49)50)25-11-10-12-29(19-25)43-38(51)42-21-34(46)45(22-36(48)53-39(2,3)4)32-15-8-9-16-33(32)52-23-35(47)44(5)31-14-7-6-13-30(31)26-17-27(40)20-28(41)18-26/h6-20,24H,21-23H2,1-5H3,(H,49,50)(H2,42,43,51). The number of carboxylic acid groups (broad SMARTS) is 1. The number of carboxylic acids is 1. The van der Waals surface area contributed by atoms with E-state index in [1.165, 1.54) is 37.1 Å². The second-order valence-electron chi connectivity index (χ2n) is 12.9. The second kappa shape index (κ2) is 17.3. The topological polar surface area (TPSA) is 155 Å². The summed E-state index contributed by atoms with van der Waals surface area (Å²) < 4.78 is 39.4. The van der Waals surface area contributed by atoms with Gasteiger partial charge in [0.25, 0.3) is 5.91 Å². The average molecular weight is 731 g/mol. The van der Waals surface area contributed by atoms with E-state index in [4.69, 9.17) is 9.47 Å².